The standard InChI is InChI=1S/C22H28N2O5S/c1-6-24(7-2)30(26,27)18-11-8-16(3)19(15-18)23-22(25)13-10-17-9-12-20(28-4)21(14-17)29-5/h8-15H,6-7H2,1-5H3,(H,23,25)/b13-10+. The van der Waals surface area contributed by atoms with Gasteiger partial charge in [0, 0.05) is 24.9 Å². The number of aryl methyl sites for hydroxylation is 1. The summed E-state index contributed by atoms with van der Waals surface area (Å²) in [7, 11) is -0.513. The zero-order valence-electron chi connectivity index (χ0n) is 17.9. The van der Waals surface area contributed by atoms with Crippen molar-refractivity contribution in [2.45, 2.75) is 25.7 Å². The Bertz CT molecular complexity index is 1030. The molecule has 0 aromatic heterocycles. The summed E-state index contributed by atoms with van der Waals surface area (Å²) >= 11 is 0. The van der Waals surface area contributed by atoms with Crippen molar-refractivity contribution in [2.24, 2.45) is 0 Å². The van der Waals surface area contributed by atoms with Gasteiger partial charge in [0.05, 0.1) is 19.1 Å². The van der Waals surface area contributed by atoms with Gasteiger partial charge < -0.3 is 14.8 Å². The van der Waals surface area contributed by atoms with Gasteiger partial charge in [-0.15, -0.1) is 0 Å². The zero-order valence-corrected chi connectivity index (χ0v) is 18.7. The summed E-state index contributed by atoms with van der Waals surface area (Å²) < 4.78 is 37.3. The maximum atomic E-state index is 12.7. The highest BCUT2D eigenvalue weighted by Gasteiger charge is 2.22. The molecule has 0 saturated heterocycles. The molecule has 1 amide bonds. The normalized spacial score (nSPS) is 11.7. The van der Waals surface area contributed by atoms with Crippen LogP contribution in [-0.2, 0) is 14.8 Å². The minimum Gasteiger partial charge on any atom is -0.493 e. The lowest BCUT2D eigenvalue weighted by atomic mass is 10.1. The van der Waals surface area contributed by atoms with Crippen LogP contribution in [0.5, 0.6) is 11.5 Å². The molecular weight excluding hydrogens is 404 g/mol. The fourth-order valence-electron chi connectivity index (χ4n) is 2.91. The van der Waals surface area contributed by atoms with E-state index in [1.165, 1.54) is 16.4 Å². The van der Waals surface area contributed by atoms with Crippen LogP contribution in [-0.4, -0.2) is 45.9 Å². The van der Waals surface area contributed by atoms with Gasteiger partial charge in [-0.2, -0.15) is 4.31 Å². The number of carbonyl (C=O) groups excluding carboxylic acids is 1. The average molecular weight is 433 g/mol. The van der Waals surface area contributed by atoms with Crippen LogP contribution in [0.1, 0.15) is 25.0 Å². The Labute approximate surface area is 178 Å². The molecule has 0 aliphatic heterocycles. The Kier molecular flexibility index (Phi) is 8.02. The number of nitrogens with zero attached hydrogens (tertiary/aromatic N) is 1. The van der Waals surface area contributed by atoms with Crippen LogP contribution in [0.2, 0.25) is 0 Å². The highest BCUT2D eigenvalue weighted by atomic mass is 32.2. The van der Waals surface area contributed by atoms with E-state index in [2.05, 4.69) is 5.32 Å². The first-order chi connectivity index (χ1) is 14.3. The van der Waals surface area contributed by atoms with E-state index in [0.29, 0.717) is 30.3 Å². The number of hydrogen-bond acceptors (Lipinski definition) is 5. The summed E-state index contributed by atoms with van der Waals surface area (Å²) in [6, 6.07) is 10.0. The van der Waals surface area contributed by atoms with Crippen LogP contribution in [0.3, 0.4) is 0 Å². The Morgan fingerprint density at radius 3 is 2.30 bits per heavy atom. The summed E-state index contributed by atoms with van der Waals surface area (Å²) in [5.74, 6) is 0.788. The fourth-order valence-corrected chi connectivity index (χ4v) is 4.40. The first-order valence-electron chi connectivity index (χ1n) is 9.58. The van der Waals surface area contributed by atoms with E-state index in [9.17, 15) is 13.2 Å². The highest BCUT2D eigenvalue weighted by Crippen LogP contribution is 2.28. The predicted octanol–water partition coefficient (Wildman–Crippen LogP) is 3.69. The van der Waals surface area contributed by atoms with Crippen molar-refractivity contribution in [1.82, 2.24) is 4.31 Å². The fraction of sp³-hybridized carbons (Fsp3) is 0.318. The Hall–Kier alpha value is -2.84. The molecular formula is C22H28N2O5S. The monoisotopic (exact) mass is 432 g/mol. The quantitative estimate of drug-likeness (QED) is 0.611. The van der Waals surface area contributed by atoms with Crippen molar-refractivity contribution in [3.05, 3.63) is 53.6 Å². The lowest BCUT2D eigenvalue weighted by Crippen LogP contribution is -2.30. The number of benzene rings is 2. The summed E-state index contributed by atoms with van der Waals surface area (Å²) in [6.45, 7) is 6.14. The largest absolute Gasteiger partial charge is 0.493 e. The van der Waals surface area contributed by atoms with Gasteiger partial charge in [0.1, 0.15) is 0 Å². The third kappa shape index (κ3) is 5.40. The van der Waals surface area contributed by atoms with E-state index in [4.69, 9.17) is 9.47 Å². The molecule has 0 aliphatic carbocycles. The van der Waals surface area contributed by atoms with Gasteiger partial charge in [0.25, 0.3) is 0 Å². The van der Waals surface area contributed by atoms with Gasteiger partial charge in [-0.25, -0.2) is 8.42 Å². The van der Waals surface area contributed by atoms with E-state index < -0.39 is 10.0 Å². The second-order valence-electron chi connectivity index (χ2n) is 6.50. The molecule has 0 atom stereocenters. The van der Waals surface area contributed by atoms with Crippen molar-refractivity contribution in [1.29, 1.82) is 0 Å². The van der Waals surface area contributed by atoms with Crippen molar-refractivity contribution < 1.29 is 22.7 Å². The minimum absolute atomic E-state index is 0.149. The Morgan fingerprint density at radius 2 is 1.70 bits per heavy atom. The van der Waals surface area contributed by atoms with E-state index in [-0.39, 0.29) is 10.8 Å². The minimum atomic E-state index is -3.61. The number of amides is 1. The Morgan fingerprint density at radius 1 is 1.03 bits per heavy atom. The maximum Gasteiger partial charge on any atom is 0.248 e. The lowest BCUT2D eigenvalue weighted by molar-refractivity contribution is -0.111. The molecule has 0 fully saturated rings. The van der Waals surface area contributed by atoms with E-state index >= 15 is 0 Å². The van der Waals surface area contributed by atoms with Crippen LogP contribution in [0.4, 0.5) is 5.69 Å². The molecule has 0 spiro atoms. The Balaban J connectivity index is 2.22. The van der Waals surface area contributed by atoms with Gasteiger partial charge in [-0.1, -0.05) is 26.0 Å². The summed E-state index contributed by atoms with van der Waals surface area (Å²) in [6.07, 6.45) is 3.02. The van der Waals surface area contributed by atoms with Gasteiger partial charge in [-0.05, 0) is 48.4 Å². The topological polar surface area (TPSA) is 84.9 Å². The number of sulfonamides is 1. The van der Waals surface area contributed by atoms with Crippen LogP contribution in [0.15, 0.2) is 47.4 Å². The van der Waals surface area contributed by atoms with Crippen molar-refractivity contribution in [3.63, 3.8) is 0 Å². The van der Waals surface area contributed by atoms with E-state index in [0.717, 1.165) is 11.1 Å². The molecule has 0 aliphatic rings. The van der Waals surface area contributed by atoms with Crippen LogP contribution < -0.4 is 14.8 Å². The summed E-state index contributed by atoms with van der Waals surface area (Å²) in [5.41, 5.74) is 1.98. The second-order valence-corrected chi connectivity index (χ2v) is 8.44. The second kappa shape index (κ2) is 10.3. The first-order valence-corrected chi connectivity index (χ1v) is 11.0. The number of anilines is 1. The molecule has 30 heavy (non-hydrogen) atoms. The third-order valence-electron chi connectivity index (χ3n) is 4.64. The molecule has 162 valence electrons. The highest BCUT2D eigenvalue weighted by molar-refractivity contribution is 7.89. The number of nitrogens with one attached hydrogen (secondary N) is 1. The molecule has 2 aromatic carbocycles. The number of methoxy groups -OCH3 is 2. The molecule has 2 aromatic rings. The van der Waals surface area contributed by atoms with Gasteiger partial charge >= 0.3 is 0 Å². The molecule has 8 heteroatoms. The van der Waals surface area contributed by atoms with Crippen molar-refractivity contribution >= 4 is 27.7 Å². The van der Waals surface area contributed by atoms with E-state index in [1.54, 1.807) is 64.5 Å². The third-order valence-corrected chi connectivity index (χ3v) is 6.69. The van der Waals surface area contributed by atoms with Gasteiger partial charge in [-0.3, -0.25) is 4.79 Å². The predicted molar refractivity (Wildman–Crippen MR) is 118 cm³/mol. The molecule has 0 bridgehead atoms. The SMILES string of the molecule is CCN(CC)S(=O)(=O)c1ccc(C)c(NC(=O)/C=C/c2ccc(OC)c(OC)c2)c1. The molecule has 2 rings (SSSR count). The van der Waals surface area contributed by atoms with Crippen molar-refractivity contribution in [2.75, 3.05) is 32.6 Å². The van der Waals surface area contributed by atoms with Crippen LogP contribution in [0.25, 0.3) is 6.08 Å². The number of carbonyl (C=O) groups is 1. The molecule has 0 unspecified atom stereocenters. The molecule has 0 radical (unpaired) electrons. The van der Waals surface area contributed by atoms with Crippen LogP contribution in [0, 0.1) is 6.92 Å². The first kappa shape index (κ1) is 23.4. The zero-order chi connectivity index (χ0) is 22.3. The van der Waals surface area contributed by atoms with E-state index in [1.807, 2.05) is 6.92 Å². The lowest BCUT2D eigenvalue weighted by Gasteiger charge is -2.19. The molecule has 0 saturated carbocycles. The molecule has 7 nitrogen and oxygen atoms in total. The molecule has 0 heterocycles. The van der Waals surface area contributed by atoms with Gasteiger partial charge in [0.15, 0.2) is 11.5 Å². The summed E-state index contributed by atoms with van der Waals surface area (Å²) in [4.78, 5) is 12.6. The van der Waals surface area contributed by atoms with Crippen molar-refractivity contribution in [3.8, 4) is 11.5 Å². The van der Waals surface area contributed by atoms with Crippen LogP contribution >= 0.6 is 0 Å². The number of rotatable bonds is 9. The van der Waals surface area contributed by atoms with Gasteiger partial charge in [0.2, 0.25) is 15.9 Å². The number of hydrogen-bond donors (Lipinski definition) is 1. The number of ether oxygens (including phenoxy) is 2. The molecule has 1 N–H and O–H groups in total. The summed E-state index contributed by atoms with van der Waals surface area (Å²) in [5, 5.41) is 2.75. The smallest absolute Gasteiger partial charge is 0.248 e. The maximum absolute atomic E-state index is 12.7. The average Bonchev–Trinajstić information content (AvgIpc) is 2.74.